The topological polar surface area (TPSA) is 235 Å². The van der Waals surface area contributed by atoms with Gasteiger partial charge >= 0.3 is 0 Å². The van der Waals surface area contributed by atoms with Crippen LogP contribution >= 0.6 is 0 Å². The van der Waals surface area contributed by atoms with Crippen LogP contribution in [0.25, 0.3) is 11.1 Å². The van der Waals surface area contributed by atoms with Gasteiger partial charge in [-0.15, -0.1) is 0 Å². The molecule has 2 saturated heterocycles. The number of nitrogens with zero attached hydrogens (tertiary/aromatic N) is 6. The third-order valence-electron chi connectivity index (χ3n) is 14.6. The number of nitrogen functional groups attached to an aromatic ring is 1. The van der Waals surface area contributed by atoms with E-state index in [2.05, 4.69) is 31.2 Å². The van der Waals surface area contributed by atoms with E-state index in [-0.39, 0.29) is 100 Å². The molecule has 0 unspecified atom stereocenters. The molecule has 2 aromatic carbocycles. The van der Waals surface area contributed by atoms with Gasteiger partial charge in [-0.25, -0.2) is 9.37 Å². The molecule has 0 aliphatic carbocycles. The van der Waals surface area contributed by atoms with Crippen LogP contribution in [-0.4, -0.2) is 138 Å². The van der Waals surface area contributed by atoms with Crippen molar-refractivity contribution in [3.63, 3.8) is 0 Å². The number of aromatic nitrogens is 3. The Balaban J connectivity index is 0.854. The fourth-order valence-electron chi connectivity index (χ4n) is 10.2. The minimum absolute atomic E-state index is 0.0342. The summed E-state index contributed by atoms with van der Waals surface area (Å²) in [6.07, 6.45) is 7.10. The van der Waals surface area contributed by atoms with Gasteiger partial charge in [-0.3, -0.25) is 33.4 Å². The molecule has 2 bridgehead atoms. The number of pyridine rings is 1. The monoisotopic (exact) mass is 1050 g/mol. The van der Waals surface area contributed by atoms with Gasteiger partial charge in [0.15, 0.2) is 0 Å². The highest BCUT2D eigenvalue weighted by Gasteiger charge is 2.46. The van der Waals surface area contributed by atoms with Gasteiger partial charge in [-0.2, -0.15) is 5.10 Å². The molecular formula is C56H76FN11O8. The van der Waals surface area contributed by atoms with E-state index in [0.29, 0.717) is 55.0 Å². The average molecular weight is 1050 g/mol. The number of fused-ring (bicyclic) bond motifs is 8. The van der Waals surface area contributed by atoms with Crippen molar-refractivity contribution in [1.29, 1.82) is 0 Å². The Morgan fingerprint density at radius 1 is 0.947 bits per heavy atom. The number of halogens is 1. The molecule has 3 aliphatic heterocycles. The van der Waals surface area contributed by atoms with Crippen LogP contribution in [0, 0.1) is 11.2 Å². The number of carbonyl (C=O) groups excluding carboxylic acids is 6. The Bertz CT molecular complexity index is 2700. The van der Waals surface area contributed by atoms with Crippen molar-refractivity contribution in [2.75, 3.05) is 64.2 Å². The van der Waals surface area contributed by atoms with Crippen LogP contribution in [0.1, 0.15) is 125 Å². The van der Waals surface area contributed by atoms with E-state index in [4.69, 9.17) is 20.3 Å². The lowest BCUT2D eigenvalue weighted by atomic mass is 9.85. The van der Waals surface area contributed by atoms with E-state index in [1.165, 1.54) is 17.0 Å². The summed E-state index contributed by atoms with van der Waals surface area (Å²) < 4.78 is 27.8. The number of likely N-dealkylation sites (tertiary alicyclic amines) is 1. The molecule has 20 heteroatoms. The van der Waals surface area contributed by atoms with Crippen molar-refractivity contribution in [3.05, 3.63) is 95.2 Å². The Morgan fingerprint density at radius 3 is 2.39 bits per heavy atom. The Labute approximate surface area is 445 Å². The fourth-order valence-corrected chi connectivity index (χ4v) is 10.2. The molecule has 0 radical (unpaired) electrons. The standard InChI is InChI=1S/C56H76FN11O8/c1-8-44(36-14-10-9-11-15-36)62-53(72)48-30-39(32-68(48)55(74)50(56(3,4)5)63-52(71)35(2)59-6)61-49(70)21-25-76-27-26-75-24-20-40(69)16-12-22-66-33-43-37-28-47(51(58)60-31-37)67-23-13-17-46(67)42-29-38(57)18-19-41(42)54(73)65(7)34-45(43)64-66/h9-11,14-15,18-19,28-29,31,33,35,39,44,46,48,50,59H,8,12-13,16-17,20-27,30,32,34H2,1-7H3,(H2,58,60)(H,61,70)(H,62,72)(H,63,71)/t35-,39-,44+,46-,48-,50+/m1/s1. The molecule has 76 heavy (non-hydrogen) atoms. The van der Waals surface area contributed by atoms with Gasteiger partial charge in [0.25, 0.3) is 5.91 Å². The number of hydrogen-bond donors (Lipinski definition) is 5. The lowest BCUT2D eigenvalue weighted by molar-refractivity contribution is -0.144. The highest BCUT2D eigenvalue weighted by atomic mass is 19.1. The molecule has 2 aromatic heterocycles. The maximum absolute atomic E-state index is 14.7. The molecule has 4 aromatic rings. The predicted octanol–water partition coefficient (Wildman–Crippen LogP) is 5.25. The van der Waals surface area contributed by atoms with Crippen LogP contribution in [0.4, 0.5) is 15.9 Å². The number of Topliss-reactive ketones (excluding diaryl/α,β-unsaturated/α-hetero) is 1. The highest BCUT2D eigenvalue weighted by molar-refractivity contribution is 5.96. The van der Waals surface area contributed by atoms with Crippen LogP contribution in [0.5, 0.6) is 0 Å². The molecule has 19 nitrogen and oxygen atoms in total. The molecule has 0 saturated carbocycles. The molecule has 410 valence electrons. The third-order valence-corrected chi connectivity index (χ3v) is 14.6. The van der Waals surface area contributed by atoms with Gasteiger partial charge in [-0.05, 0) is 86.9 Å². The maximum Gasteiger partial charge on any atom is 0.254 e. The van der Waals surface area contributed by atoms with Crippen molar-refractivity contribution >= 4 is 46.8 Å². The van der Waals surface area contributed by atoms with E-state index in [1.54, 1.807) is 42.9 Å². The van der Waals surface area contributed by atoms with Crippen LogP contribution in [0.2, 0.25) is 0 Å². The first-order chi connectivity index (χ1) is 36.4. The van der Waals surface area contributed by atoms with E-state index in [0.717, 1.165) is 35.2 Å². The van der Waals surface area contributed by atoms with E-state index in [9.17, 15) is 33.2 Å². The van der Waals surface area contributed by atoms with Crippen molar-refractivity contribution < 1.29 is 42.6 Å². The number of nitrogens with two attached hydrogens (primary N) is 1. The zero-order chi connectivity index (χ0) is 54.7. The van der Waals surface area contributed by atoms with Crippen LogP contribution in [0.3, 0.4) is 0 Å². The lowest BCUT2D eigenvalue weighted by Crippen LogP contribution is -2.59. The molecule has 7 rings (SSSR count). The number of amides is 5. The Hall–Kier alpha value is -6.77. The van der Waals surface area contributed by atoms with Gasteiger partial charge in [0, 0.05) is 81.1 Å². The average Bonchev–Trinajstić information content (AvgIpc) is 4.17. The minimum Gasteiger partial charge on any atom is -0.382 e. The molecule has 6 N–H and O–H groups in total. The van der Waals surface area contributed by atoms with Crippen molar-refractivity contribution in [1.82, 2.24) is 45.8 Å². The van der Waals surface area contributed by atoms with Gasteiger partial charge < -0.3 is 51.2 Å². The number of anilines is 2. The van der Waals surface area contributed by atoms with E-state index in [1.807, 2.05) is 70.3 Å². The minimum atomic E-state index is -0.938. The highest BCUT2D eigenvalue weighted by Crippen LogP contribution is 2.42. The summed E-state index contributed by atoms with van der Waals surface area (Å²) in [6, 6.07) is 12.5. The lowest BCUT2D eigenvalue weighted by Gasteiger charge is -2.36. The van der Waals surface area contributed by atoms with Gasteiger partial charge in [0.1, 0.15) is 29.5 Å². The molecule has 0 spiro atoms. The molecular weight excluding hydrogens is 974 g/mol. The zero-order valence-corrected chi connectivity index (χ0v) is 45.0. The number of ketones is 1. The third kappa shape index (κ3) is 14.2. The summed E-state index contributed by atoms with van der Waals surface area (Å²) in [4.78, 5) is 91.2. The second-order valence-electron chi connectivity index (χ2n) is 21.2. The second kappa shape index (κ2) is 25.8. The van der Waals surface area contributed by atoms with Crippen LogP contribution < -0.4 is 31.9 Å². The first-order valence-corrected chi connectivity index (χ1v) is 26.6. The molecule has 5 heterocycles. The Morgan fingerprint density at radius 2 is 1.68 bits per heavy atom. The van der Waals surface area contributed by atoms with Gasteiger partial charge in [0.05, 0.1) is 62.5 Å². The number of carbonyl (C=O) groups is 6. The number of benzene rings is 2. The van der Waals surface area contributed by atoms with Crippen molar-refractivity contribution in [2.24, 2.45) is 5.41 Å². The first kappa shape index (κ1) is 56.9. The summed E-state index contributed by atoms with van der Waals surface area (Å²) in [6.45, 7) is 11.4. The van der Waals surface area contributed by atoms with E-state index >= 15 is 0 Å². The van der Waals surface area contributed by atoms with Gasteiger partial charge in [-0.1, -0.05) is 58.0 Å². The Kier molecular flexibility index (Phi) is 19.4. The number of nitrogens with one attached hydrogen (secondary N) is 4. The second-order valence-corrected chi connectivity index (χ2v) is 21.2. The van der Waals surface area contributed by atoms with Gasteiger partial charge in [0.2, 0.25) is 23.6 Å². The van der Waals surface area contributed by atoms with E-state index < -0.39 is 41.3 Å². The predicted molar refractivity (Wildman–Crippen MR) is 286 cm³/mol. The number of rotatable bonds is 22. The summed E-state index contributed by atoms with van der Waals surface area (Å²) in [5.41, 5.74) is 10.7. The maximum atomic E-state index is 14.7. The number of aryl methyl sites for hydroxylation is 1. The van der Waals surface area contributed by atoms with Crippen LogP contribution in [0.15, 0.2) is 67.0 Å². The summed E-state index contributed by atoms with van der Waals surface area (Å²) in [5.74, 6) is -1.65. The molecule has 2 fully saturated rings. The summed E-state index contributed by atoms with van der Waals surface area (Å²) in [5, 5.41) is 16.8. The number of ether oxygens (including phenoxy) is 2. The first-order valence-electron chi connectivity index (χ1n) is 26.6. The number of hydrogen-bond acceptors (Lipinski definition) is 13. The largest absolute Gasteiger partial charge is 0.382 e. The molecule has 5 amide bonds. The van der Waals surface area contributed by atoms with Crippen LogP contribution in [-0.2, 0) is 46.5 Å². The SMILES string of the molecule is CC[C@H](NC(=O)[C@H]1C[C@@H](NC(=O)CCOCCOCCC(=O)CCCn2cc3c(n2)CN(C)C(=O)c2ccc(F)cc2[C@H]2CCCN2c2cc-3cnc2N)CN1C(=O)[C@H](NC(=O)[C@@H](C)NC)C(C)(C)C)c1ccccc1. The smallest absolute Gasteiger partial charge is 0.254 e. The summed E-state index contributed by atoms with van der Waals surface area (Å²) in [7, 11) is 3.37. The fraction of sp³-hybridized carbons (Fsp3) is 0.536. The van der Waals surface area contributed by atoms with Crippen molar-refractivity contribution in [2.45, 2.75) is 135 Å². The molecule has 3 aliphatic rings. The van der Waals surface area contributed by atoms with Crippen molar-refractivity contribution in [3.8, 4) is 11.1 Å². The normalized spacial score (nSPS) is 18.6. The quantitative estimate of drug-likeness (QED) is 0.0634. The zero-order valence-electron chi connectivity index (χ0n) is 45.0. The number of likely N-dealkylation sites (N-methyl/N-ethyl adjacent to an activating group) is 1. The summed E-state index contributed by atoms with van der Waals surface area (Å²) >= 11 is 0. The molecule has 6 atom stereocenters.